The molecule has 0 bridgehead atoms. The molecule has 0 aliphatic carbocycles. The van der Waals surface area contributed by atoms with Crippen molar-refractivity contribution in [2.75, 3.05) is 38.2 Å². The van der Waals surface area contributed by atoms with E-state index < -0.39 is 0 Å². The average molecular weight is 309 g/mol. The first-order valence-electron chi connectivity index (χ1n) is 7.99. The molecular weight excluding hydrogens is 286 g/mol. The zero-order valence-electron chi connectivity index (χ0n) is 13.8. The lowest BCUT2D eigenvalue weighted by Crippen LogP contribution is -2.44. The van der Waals surface area contributed by atoms with Gasteiger partial charge < -0.3 is 9.64 Å². The summed E-state index contributed by atoms with van der Waals surface area (Å²) in [6.07, 6.45) is 1.91. The van der Waals surface area contributed by atoms with Crippen molar-refractivity contribution in [1.29, 1.82) is 0 Å². The van der Waals surface area contributed by atoms with Crippen molar-refractivity contribution in [3.8, 4) is 5.75 Å². The molecular formula is C19H23N3O. The Hall–Kier alpha value is -2.49. The smallest absolute Gasteiger partial charge is 0.119 e. The number of nitrogens with zero attached hydrogens (tertiary/aromatic N) is 3. The number of anilines is 1. The third kappa shape index (κ3) is 4.03. The molecule has 0 amide bonds. The van der Waals surface area contributed by atoms with E-state index >= 15 is 0 Å². The summed E-state index contributed by atoms with van der Waals surface area (Å²) in [5.41, 5.74) is 3.66. The molecule has 0 spiro atoms. The second-order valence-electron chi connectivity index (χ2n) is 5.80. The summed E-state index contributed by atoms with van der Waals surface area (Å²) in [5.74, 6) is 0.859. The number of piperazine rings is 1. The van der Waals surface area contributed by atoms with Crippen LogP contribution in [-0.4, -0.2) is 44.5 Å². The molecule has 2 aromatic rings. The van der Waals surface area contributed by atoms with Crippen LogP contribution in [0.15, 0.2) is 53.6 Å². The van der Waals surface area contributed by atoms with Crippen LogP contribution in [0.4, 0.5) is 5.69 Å². The Morgan fingerprint density at radius 3 is 2.43 bits per heavy atom. The Bertz CT molecular complexity index is 659. The molecule has 0 N–H and O–H groups in total. The van der Waals surface area contributed by atoms with E-state index in [0.717, 1.165) is 37.5 Å². The van der Waals surface area contributed by atoms with Crippen molar-refractivity contribution in [1.82, 2.24) is 5.01 Å². The molecule has 0 unspecified atom stereocenters. The van der Waals surface area contributed by atoms with Gasteiger partial charge >= 0.3 is 0 Å². The Morgan fingerprint density at radius 2 is 1.74 bits per heavy atom. The molecule has 3 rings (SSSR count). The quantitative estimate of drug-likeness (QED) is 0.812. The third-order valence-corrected chi connectivity index (χ3v) is 4.12. The second kappa shape index (κ2) is 7.18. The minimum absolute atomic E-state index is 0.859. The highest BCUT2D eigenvalue weighted by atomic mass is 16.5. The summed E-state index contributed by atoms with van der Waals surface area (Å²) < 4.78 is 5.24. The maximum Gasteiger partial charge on any atom is 0.119 e. The molecule has 23 heavy (non-hydrogen) atoms. The van der Waals surface area contributed by atoms with Crippen molar-refractivity contribution in [3.05, 3.63) is 59.7 Å². The number of hydrogen-bond acceptors (Lipinski definition) is 4. The van der Waals surface area contributed by atoms with Crippen LogP contribution in [0, 0.1) is 6.92 Å². The Balaban J connectivity index is 1.56. The highest BCUT2D eigenvalue weighted by Crippen LogP contribution is 2.17. The Labute approximate surface area is 138 Å². The molecule has 0 aromatic heterocycles. The topological polar surface area (TPSA) is 28.1 Å². The normalized spacial score (nSPS) is 15.2. The highest BCUT2D eigenvalue weighted by molar-refractivity contribution is 5.80. The van der Waals surface area contributed by atoms with Crippen molar-refractivity contribution >= 4 is 11.9 Å². The van der Waals surface area contributed by atoms with E-state index in [1.807, 2.05) is 30.5 Å². The zero-order valence-corrected chi connectivity index (χ0v) is 13.8. The van der Waals surface area contributed by atoms with Crippen LogP contribution in [0.2, 0.25) is 0 Å². The lowest BCUT2D eigenvalue weighted by Gasteiger charge is -2.34. The van der Waals surface area contributed by atoms with Gasteiger partial charge in [0.15, 0.2) is 0 Å². The van der Waals surface area contributed by atoms with Crippen LogP contribution >= 0.6 is 0 Å². The van der Waals surface area contributed by atoms with Gasteiger partial charge in [0.05, 0.1) is 26.4 Å². The van der Waals surface area contributed by atoms with Crippen LogP contribution < -0.4 is 9.64 Å². The number of benzene rings is 2. The predicted molar refractivity (Wildman–Crippen MR) is 95.6 cm³/mol. The summed E-state index contributed by atoms with van der Waals surface area (Å²) in [4.78, 5) is 2.41. The van der Waals surface area contributed by atoms with Gasteiger partial charge in [0.1, 0.15) is 5.75 Å². The number of methoxy groups -OCH3 is 1. The molecule has 1 fully saturated rings. The van der Waals surface area contributed by atoms with Gasteiger partial charge in [-0.3, -0.25) is 5.01 Å². The summed E-state index contributed by atoms with van der Waals surface area (Å²) in [6, 6.07) is 16.7. The largest absolute Gasteiger partial charge is 0.497 e. The Morgan fingerprint density at radius 1 is 1.00 bits per heavy atom. The molecule has 1 aliphatic rings. The molecule has 1 saturated heterocycles. The molecule has 2 aromatic carbocycles. The lowest BCUT2D eigenvalue weighted by atomic mass is 10.2. The minimum atomic E-state index is 0.859. The van der Waals surface area contributed by atoms with Gasteiger partial charge in [0, 0.05) is 18.8 Å². The van der Waals surface area contributed by atoms with Crippen LogP contribution in [-0.2, 0) is 0 Å². The van der Waals surface area contributed by atoms with Gasteiger partial charge in [-0.05, 0) is 36.8 Å². The van der Waals surface area contributed by atoms with Gasteiger partial charge in [-0.1, -0.05) is 29.8 Å². The van der Waals surface area contributed by atoms with Gasteiger partial charge in [0.2, 0.25) is 0 Å². The minimum Gasteiger partial charge on any atom is -0.497 e. The first kappa shape index (κ1) is 15.4. The van der Waals surface area contributed by atoms with Crippen molar-refractivity contribution in [2.24, 2.45) is 5.10 Å². The molecule has 4 heteroatoms. The molecule has 0 atom stereocenters. The van der Waals surface area contributed by atoms with Gasteiger partial charge in [0.25, 0.3) is 0 Å². The molecule has 1 aliphatic heterocycles. The van der Waals surface area contributed by atoms with Gasteiger partial charge in [-0.15, -0.1) is 0 Å². The van der Waals surface area contributed by atoms with Gasteiger partial charge in [-0.2, -0.15) is 5.10 Å². The number of hydrogen-bond donors (Lipinski definition) is 0. The molecule has 4 nitrogen and oxygen atoms in total. The highest BCUT2D eigenvalue weighted by Gasteiger charge is 2.15. The van der Waals surface area contributed by atoms with Crippen molar-refractivity contribution < 1.29 is 4.74 Å². The summed E-state index contributed by atoms with van der Waals surface area (Å²) in [7, 11) is 1.68. The SMILES string of the molecule is COc1cccc(C=NN2CCN(c3ccc(C)cc3)CC2)c1. The number of rotatable bonds is 4. The molecule has 1 heterocycles. The summed E-state index contributed by atoms with van der Waals surface area (Å²) in [5, 5.41) is 6.73. The summed E-state index contributed by atoms with van der Waals surface area (Å²) >= 11 is 0. The number of aryl methyl sites for hydroxylation is 1. The van der Waals surface area contributed by atoms with E-state index in [9.17, 15) is 0 Å². The number of hydrazone groups is 1. The maximum absolute atomic E-state index is 5.24. The van der Waals surface area contributed by atoms with Crippen LogP contribution in [0.3, 0.4) is 0 Å². The maximum atomic E-state index is 5.24. The van der Waals surface area contributed by atoms with Crippen LogP contribution in [0.1, 0.15) is 11.1 Å². The summed E-state index contributed by atoms with van der Waals surface area (Å²) in [6.45, 7) is 5.99. The lowest BCUT2D eigenvalue weighted by molar-refractivity contribution is 0.272. The van der Waals surface area contributed by atoms with E-state index in [1.54, 1.807) is 7.11 Å². The second-order valence-corrected chi connectivity index (χ2v) is 5.80. The molecule has 120 valence electrons. The van der Waals surface area contributed by atoms with Crippen molar-refractivity contribution in [3.63, 3.8) is 0 Å². The van der Waals surface area contributed by atoms with Crippen molar-refractivity contribution in [2.45, 2.75) is 6.92 Å². The fourth-order valence-corrected chi connectivity index (χ4v) is 2.70. The van der Waals surface area contributed by atoms with E-state index in [4.69, 9.17) is 4.74 Å². The van der Waals surface area contributed by atoms with Crippen LogP contribution in [0.25, 0.3) is 0 Å². The predicted octanol–water partition coefficient (Wildman–Crippen LogP) is 3.16. The third-order valence-electron chi connectivity index (χ3n) is 4.12. The van der Waals surface area contributed by atoms with E-state index in [0.29, 0.717) is 0 Å². The Kier molecular flexibility index (Phi) is 4.81. The van der Waals surface area contributed by atoms with Gasteiger partial charge in [-0.25, -0.2) is 0 Å². The van der Waals surface area contributed by atoms with E-state index in [1.165, 1.54) is 11.3 Å². The number of ether oxygens (including phenoxy) is 1. The average Bonchev–Trinajstić information content (AvgIpc) is 2.61. The fraction of sp³-hybridized carbons (Fsp3) is 0.316. The fourth-order valence-electron chi connectivity index (χ4n) is 2.70. The first-order valence-corrected chi connectivity index (χ1v) is 7.99. The first-order chi connectivity index (χ1) is 11.2. The van der Waals surface area contributed by atoms with E-state index in [-0.39, 0.29) is 0 Å². The monoisotopic (exact) mass is 309 g/mol. The standard InChI is InChI=1S/C19H23N3O/c1-16-6-8-18(9-7-16)21-10-12-22(13-11-21)20-15-17-4-3-5-19(14-17)23-2/h3-9,14-15H,10-13H2,1-2H3. The van der Waals surface area contributed by atoms with E-state index in [2.05, 4.69) is 46.2 Å². The zero-order chi connectivity index (χ0) is 16.1. The molecule has 0 radical (unpaired) electrons. The molecule has 0 saturated carbocycles. The van der Waals surface area contributed by atoms with Crippen LogP contribution in [0.5, 0.6) is 5.75 Å².